The summed E-state index contributed by atoms with van der Waals surface area (Å²) in [7, 11) is 0. The smallest absolute Gasteiger partial charge is 0.420 e. The van der Waals surface area contributed by atoms with E-state index in [0.717, 1.165) is 58.9 Å². The molecule has 0 radical (unpaired) electrons. The van der Waals surface area contributed by atoms with E-state index in [1.165, 1.54) is 10.1 Å². The molecule has 3 aliphatic rings. The van der Waals surface area contributed by atoms with Gasteiger partial charge in [0.15, 0.2) is 0 Å². The van der Waals surface area contributed by atoms with E-state index in [2.05, 4.69) is 18.2 Å². The molecule has 3 aliphatic heterocycles. The number of carbonyl (C=O) groups is 3. The molecule has 0 aliphatic carbocycles. The Hall–Kier alpha value is -3.92. The average molecular weight is 631 g/mol. The molecule has 2 saturated heterocycles. The molecule has 2 amide bonds. The number of hydrogen-bond donors (Lipinski definition) is 0. The van der Waals surface area contributed by atoms with Gasteiger partial charge in [-0.15, -0.1) is 0 Å². The van der Waals surface area contributed by atoms with Gasteiger partial charge in [-0.2, -0.15) is 0 Å². The second kappa shape index (κ2) is 12.0. The summed E-state index contributed by atoms with van der Waals surface area (Å²) in [5.74, 6) is 0.0545. The number of pyridine rings is 1. The highest BCUT2D eigenvalue weighted by Gasteiger charge is 2.37. The topological polar surface area (TPSA) is 103 Å². The number of carbonyl (C=O) groups excluding carboxylic acids is 3. The molecule has 3 aromatic rings. The molecule has 2 unspecified atom stereocenters. The van der Waals surface area contributed by atoms with Crippen LogP contribution in [0.25, 0.3) is 22.2 Å². The Morgan fingerprint density at radius 1 is 0.935 bits per heavy atom. The Morgan fingerprint density at radius 3 is 2.37 bits per heavy atom. The molecular weight excluding hydrogens is 584 g/mol. The normalized spacial score (nSPS) is 20.2. The van der Waals surface area contributed by atoms with Gasteiger partial charge in [-0.3, -0.25) is 4.79 Å². The minimum absolute atomic E-state index is 0.0923. The predicted molar refractivity (Wildman–Crippen MR) is 174 cm³/mol. The molecule has 0 spiro atoms. The van der Waals surface area contributed by atoms with Crippen LogP contribution in [0.15, 0.2) is 30.6 Å². The zero-order chi connectivity index (χ0) is 33.0. The molecule has 2 fully saturated rings. The minimum atomic E-state index is -0.630. The number of aromatic nitrogens is 2. The van der Waals surface area contributed by atoms with Gasteiger partial charge in [0, 0.05) is 49.6 Å². The number of rotatable bonds is 3. The zero-order valence-electron chi connectivity index (χ0n) is 28.1. The fraction of sp³-hybridized carbons (Fsp3) is 0.556. The van der Waals surface area contributed by atoms with Crippen molar-refractivity contribution in [3.8, 4) is 11.1 Å². The highest BCUT2D eigenvalue weighted by Crippen LogP contribution is 2.41. The zero-order valence-corrected chi connectivity index (χ0v) is 28.1. The minimum Gasteiger partial charge on any atom is -0.444 e. The lowest BCUT2D eigenvalue weighted by Crippen LogP contribution is -2.41. The Balaban J connectivity index is 1.41. The summed E-state index contributed by atoms with van der Waals surface area (Å²) < 4.78 is 18.4. The lowest BCUT2D eigenvalue weighted by molar-refractivity contribution is -0.136. The molecule has 246 valence electrons. The van der Waals surface area contributed by atoms with Crippen LogP contribution in [-0.4, -0.2) is 74.9 Å². The third kappa shape index (κ3) is 6.49. The molecular formula is C36H46N4O6. The van der Waals surface area contributed by atoms with E-state index < -0.39 is 17.3 Å². The third-order valence-corrected chi connectivity index (χ3v) is 8.97. The summed E-state index contributed by atoms with van der Waals surface area (Å²) in [5, 5.41) is 0.858. The van der Waals surface area contributed by atoms with Crippen molar-refractivity contribution >= 4 is 29.1 Å². The summed E-state index contributed by atoms with van der Waals surface area (Å²) >= 11 is 0. The molecule has 5 heterocycles. The number of benzene rings is 1. The molecule has 0 N–H and O–H groups in total. The highest BCUT2D eigenvalue weighted by atomic mass is 16.6. The monoisotopic (exact) mass is 630 g/mol. The second-order valence-electron chi connectivity index (χ2n) is 14.9. The molecule has 0 bridgehead atoms. The van der Waals surface area contributed by atoms with E-state index in [-0.39, 0.29) is 24.0 Å². The van der Waals surface area contributed by atoms with Gasteiger partial charge < -0.3 is 24.0 Å². The fourth-order valence-electron chi connectivity index (χ4n) is 6.87. The van der Waals surface area contributed by atoms with Crippen LogP contribution in [0.5, 0.6) is 0 Å². The largest absolute Gasteiger partial charge is 0.444 e. The summed E-state index contributed by atoms with van der Waals surface area (Å²) in [6.45, 7) is 16.0. The number of likely N-dealkylation sites (tertiary alicyclic amines) is 1. The van der Waals surface area contributed by atoms with E-state index in [9.17, 15) is 14.4 Å². The summed E-state index contributed by atoms with van der Waals surface area (Å²) in [6.07, 6.45) is 5.99. The highest BCUT2D eigenvalue weighted by molar-refractivity contribution is 5.92. The van der Waals surface area contributed by atoms with E-state index in [4.69, 9.17) is 19.2 Å². The van der Waals surface area contributed by atoms with E-state index >= 15 is 0 Å². The number of ether oxygens (including phenoxy) is 3. The van der Waals surface area contributed by atoms with Crippen molar-refractivity contribution in [2.45, 2.75) is 97.9 Å². The lowest BCUT2D eigenvalue weighted by atomic mass is 9.86. The average Bonchev–Trinajstić information content (AvgIpc) is 3.75. The molecule has 46 heavy (non-hydrogen) atoms. The van der Waals surface area contributed by atoms with Crippen LogP contribution in [0.1, 0.15) is 89.1 Å². The Bertz CT molecular complexity index is 1670. The van der Waals surface area contributed by atoms with Crippen molar-refractivity contribution < 1.29 is 28.6 Å². The number of amides is 2. The lowest BCUT2D eigenvalue weighted by Gasteiger charge is -2.35. The van der Waals surface area contributed by atoms with Crippen LogP contribution in [0, 0.1) is 12.8 Å². The van der Waals surface area contributed by atoms with Crippen molar-refractivity contribution in [2.24, 2.45) is 5.92 Å². The van der Waals surface area contributed by atoms with E-state index in [1.54, 1.807) is 12.4 Å². The molecule has 0 saturated carbocycles. The van der Waals surface area contributed by atoms with Crippen LogP contribution in [0.4, 0.5) is 9.59 Å². The number of fused-ring (bicyclic) bond motifs is 2. The Labute approximate surface area is 271 Å². The first-order valence-corrected chi connectivity index (χ1v) is 16.4. The van der Waals surface area contributed by atoms with Crippen molar-refractivity contribution in [3.05, 3.63) is 52.8 Å². The SMILES string of the molecule is Cc1cn(C(=O)OC(C)(C)C)c2ncc(-c3cc4c(c(C5CCCN5C(=O)OC(C)(C)C)c3)CCN(C(=O)C3CCOC3)C4)cc12. The van der Waals surface area contributed by atoms with Crippen molar-refractivity contribution in [2.75, 3.05) is 26.3 Å². The van der Waals surface area contributed by atoms with Crippen molar-refractivity contribution in [3.63, 3.8) is 0 Å². The van der Waals surface area contributed by atoms with Crippen LogP contribution in [-0.2, 0) is 32.0 Å². The van der Waals surface area contributed by atoms with Gasteiger partial charge in [-0.05, 0) is 120 Å². The van der Waals surface area contributed by atoms with Crippen molar-refractivity contribution in [1.82, 2.24) is 19.4 Å². The van der Waals surface area contributed by atoms with Crippen LogP contribution < -0.4 is 0 Å². The maximum Gasteiger partial charge on any atom is 0.420 e. The fourth-order valence-corrected chi connectivity index (χ4v) is 6.87. The number of aryl methyl sites for hydroxylation is 1. The molecule has 6 rings (SSSR count). The Kier molecular flexibility index (Phi) is 8.38. The van der Waals surface area contributed by atoms with Gasteiger partial charge in [-0.1, -0.05) is 0 Å². The molecule has 2 atom stereocenters. The van der Waals surface area contributed by atoms with E-state index in [1.807, 2.05) is 58.3 Å². The van der Waals surface area contributed by atoms with Crippen LogP contribution in [0.2, 0.25) is 0 Å². The van der Waals surface area contributed by atoms with Crippen LogP contribution in [0.3, 0.4) is 0 Å². The first kappa shape index (κ1) is 32.0. The first-order valence-electron chi connectivity index (χ1n) is 16.4. The summed E-state index contributed by atoms with van der Waals surface area (Å²) in [4.78, 5) is 48.3. The second-order valence-corrected chi connectivity index (χ2v) is 14.9. The molecule has 10 nitrogen and oxygen atoms in total. The predicted octanol–water partition coefficient (Wildman–Crippen LogP) is 6.79. The summed E-state index contributed by atoms with van der Waals surface area (Å²) in [6, 6.07) is 6.29. The third-order valence-electron chi connectivity index (χ3n) is 8.97. The molecule has 1 aromatic carbocycles. The van der Waals surface area contributed by atoms with E-state index in [0.29, 0.717) is 38.5 Å². The van der Waals surface area contributed by atoms with Gasteiger partial charge >= 0.3 is 12.2 Å². The van der Waals surface area contributed by atoms with Gasteiger partial charge in [0.25, 0.3) is 0 Å². The number of hydrogen-bond acceptors (Lipinski definition) is 7. The maximum atomic E-state index is 13.4. The van der Waals surface area contributed by atoms with Gasteiger partial charge in [0.2, 0.25) is 5.91 Å². The molecule has 10 heteroatoms. The quantitative estimate of drug-likeness (QED) is 0.314. The molecule has 2 aromatic heterocycles. The standard InChI is InChI=1S/C36H46N4O6/c1-22-19-40(34(43)46-36(5,6)7)31-28(22)17-25(18-37-31)24-15-26-20-38(32(41)23-11-14-44-21-23)13-10-27(26)29(16-24)30-9-8-12-39(30)33(42)45-35(2,3)4/h15-19,23,30H,8-14,20-21H2,1-7H3. The van der Waals surface area contributed by atoms with Gasteiger partial charge in [0.1, 0.15) is 16.8 Å². The first-order chi connectivity index (χ1) is 21.7. The Morgan fingerprint density at radius 2 is 1.67 bits per heavy atom. The maximum absolute atomic E-state index is 13.4. The van der Waals surface area contributed by atoms with Crippen molar-refractivity contribution in [1.29, 1.82) is 0 Å². The van der Waals surface area contributed by atoms with Crippen LogP contribution >= 0.6 is 0 Å². The number of nitrogens with zero attached hydrogens (tertiary/aromatic N) is 4. The summed E-state index contributed by atoms with van der Waals surface area (Å²) in [5.41, 5.74) is 5.49. The van der Waals surface area contributed by atoms with Gasteiger partial charge in [-0.25, -0.2) is 19.1 Å². The van der Waals surface area contributed by atoms with Gasteiger partial charge in [0.05, 0.1) is 18.6 Å².